The highest BCUT2D eigenvalue weighted by atomic mass is 16.5. The van der Waals surface area contributed by atoms with Crippen LogP contribution < -0.4 is 5.32 Å². The van der Waals surface area contributed by atoms with E-state index in [2.05, 4.69) is 51.0 Å². The van der Waals surface area contributed by atoms with Gasteiger partial charge >= 0.3 is 0 Å². The fraction of sp³-hybridized carbons (Fsp3) is 0.867. The minimum Gasteiger partial charge on any atom is -0.496 e. The number of nitrogens with one attached hydrogen (secondary N) is 1. The summed E-state index contributed by atoms with van der Waals surface area (Å²) in [5.74, 6) is 1.15. The van der Waals surface area contributed by atoms with Crippen LogP contribution in [0.4, 0.5) is 0 Å². The number of hydrogen-bond donors (Lipinski definition) is 1. The van der Waals surface area contributed by atoms with Crippen LogP contribution in [0.3, 0.4) is 0 Å². The van der Waals surface area contributed by atoms with E-state index >= 15 is 0 Å². The highest BCUT2D eigenvalue weighted by Gasteiger charge is 2.42. The van der Waals surface area contributed by atoms with Crippen LogP contribution in [0.25, 0.3) is 0 Å². The summed E-state index contributed by atoms with van der Waals surface area (Å²) in [4.78, 5) is 2.58. The van der Waals surface area contributed by atoms with Crippen LogP contribution >= 0.6 is 0 Å². The van der Waals surface area contributed by atoms with Gasteiger partial charge in [-0.05, 0) is 39.1 Å². The SMILES string of the molecule is CCN(CC)C(CC)(CC)C(NC)C1=CCCO1. The highest BCUT2D eigenvalue weighted by molar-refractivity contribution is 5.16. The lowest BCUT2D eigenvalue weighted by molar-refractivity contribution is 0.0427. The van der Waals surface area contributed by atoms with Gasteiger partial charge in [-0.15, -0.1) is 0 Å². The zero-order valence-electron chi connectivity index (χ0n) is 12.8. The fourth-order valence-corrected chi connectivity index (χ4v) is 3.46. The molecule has 3 nitrogen and oxygen atoms in total. The Bertz CT molecular complexity index is 268. The van der Waals surface area contributed by atoms with Gasteiger partial charge < -0.3 is 10.1 Å². The lowest BCUT2D eigenvalue weighted by Crippen LogP contribution is -2.61. The lowest BCUT2D eigenvalue weighted by Gasteiger charge is -2.47. The largest absolute Gasteiger partial charge is 0.496 e. The van der Waals surface area contributed by atoms with E-state index in [-0.39, 0.29) is 5.54 Å². The standard InChI is InChI=1S/C15H30N2O/c1-6-15(7-2,17(8-3)9-4)14(16-5)13-11-10-12-18-13/h11,14,16H,6-10,12H2,1-5H3. The van der Waals surface area contributed by atoms with Gasteiger partial charge in [-0.2, -0.15) is 0 Å². The normalized spacial score (nSPS) is 17.8. The van der Waals surface area contributed by atoms with Crippen molar-refractivity contribution in [2.75, 3.05) is 26.7 Å². The molecule has 106 valence electrons. The zero-order chi connectivity index (χ0) is 13.6. The zero-order valence-corrected chi connectivity index (χ0v) is 12.8. The smallest absolute Gasteiger partial charge is 0.111 e. The Morgan fingerprint density at radius 2 is 1.89 bits per heavy atom. The summed E-state index contributed by atoms with van der Waals surface area (Å²) in [6, 6.07) is 0.301. The van der Waals surface area contributed by atoms with Gasteiger partial charge in [0.05, 0.1) is 12.6 Å². The van der Waals surface area contributed by atoms with Crippen molar-refractivity contribution in [1.82, 2.24) is 10.2 Å². The molecule has 1 unspecified atom stereocenters. The number of nitrogens with zero attached hydrogens (tertiary/aromatic N) is 1. The van der Waals surface area contributed by atoms with Gasteiger partial charge in [0.2, 0.25) is 0 Å². The summed E-state index contributed by atoms with van der Waals surface area (Å²) in [7, 11) is 2.05. The predicted molar refractivity (Wildman–Crippen MR) is 77.7 cm³/mol. The van der Waals surface area contributed by atoms with Gasteiger partial charge in [-0.25, -0.2) is 0 Å². The maximum Gasteiger partial charge on any atom is 0.111 e. The van der Waals surface area contributed by atoms with Crippen molar-refractivity contribution in [2.45, 2.75) is 58.5 Å². The third-order valence-electron chi connectivity index (χ3n) is 4.46. The molecule has 0 saturated heterocycles. The number of likely N-dealkylation sites (N-methyl/N-ethyl adjacent to an activating group) is 2. The van der Waals surface area contributed by atoms with Crippen molar-refractivity contribution in [2.24, 2.45) is 0 Å². The summed E-state index contributed by atoms with van der Waals surface area (Å²) in [5, 5.41) is 3.50. The van der Waals surface area contributed by atoms with E-state index in [1.807, 2.05) is 0 Å². The van der Waals surface area contributed by atoms with Gasteiger partial charge in [0.1, 0.15) is 5.76 Å². The van der Waals surface area contributed by atoms with Crippen LogP contribution in [-0.4, -0.2) is 43.2 Å². The first kappa shape index (κ1) is 15.5. The quantitative estimate of drug-likeness (QED) is 0.721. The number of ether oxygens (including phenoxy) is 1. The summed E-state index contributed by atoms with van der Waals surface area (Å²) in [5.41, 5.74) is 0.161. The maximum atomic E-state index is 5.83. The molecule has 0 aromatic rings. The van der Waals surface area contributed by atoms with Crippen LogP contribution in [0, 0.1) is 0 Å². The molecule has 0 bridgehead atoms. The maximum absolute atomic E-state index is 5.83. The first-order valence-electron chi connectivity index (χ1n) is 7.45. The van der Waals surface area contributed by atoms with E-state index in [1.54, 1.807) is 0 Å². The fourth-order valence-electron chi connectivity index (χ4n) is 3.46. The van der Waals surface area contributed by atoms with Crippen molar-refractivity contribution in [1.29, 1.82) is 0 Å². The van der Waals surface area contributed by atoms with E-state index in [0.29, 0.717) is 6.04 Å². The topological polar surface area (TPSA) is 24.5 Å². The molecule has 0 aliphatic carbocycles. The van der Waals surface area contributed by atoms with Gasteiger partial charge in [0, 0.05) is 12.0 Å². The van der Waals surface area contributed by atoms with Crippen LogP contribution in [0.2, 0.25) is 0 Å². The molecule has 0 aromatic carbocycles. The third-order valence-corrected chi connectivity index (χ3v) is 4.46. The Kier molecular flexibility index (Phi) is 6.16. The number of hydrogen-bond acceptors (Lipinski definition) is 3. The lowest BCUT2D eigenvalue weighted by atomic mass is 9.81. The predicted octanol–water partition coefficient (Wildman–Crippen LogP) is 2.78. The monoisotopic (exact) mass is 254 g/mol. The molecule has 1 heterocycles. The minimum absolute atomic E-state index is 0.161. The molecule has 1 rings (SSSR count). The van der Waals surface area contributed by atoms with E-state index in [1.165, 1.54) is 0 Å². The van der Waals surface area contributed by atoms with Gasteiger partial charge in [0.15, 0.2) is 0 Å². The molecule has 0 radical (unpaired) electrons. The molecule has 1 aliphatic heterocycles. The van der Waals surface area contributed by atoms with Crippen molar-refractivity contribution in [3.63, 3.8) is 0 Å². The second-order valence-corrected chi connectivity index (χ2v) is 4.95. The van der Waals surface area contributed by atoms with Crippen molar-refractivity contribution in [3.05, 3.63) is 11.8 Å². The molecule has 18 heavy (non-hydrogen) atoms. The molecule has 0 saturated carbocycles. The summed E-state index contributed by atoms with van der Waals surface area (Å²) in [6.07, 6.45) is 5.58. The summed E-state index contributed by atoms with van der Waals surface area (Å²) >= 11 is 0. The Hall–Kier alpha value is -0.540. The third kappa shape index (κ3) is 2.72. The average molecular weight is 254 g/mol. The molecular formula is C15H30N2O. The van der Waals surface area contributed by atoms with Crippen LogP contribution in [0.15, 0.2) is 11.8 Å². The molecule has 0 spiro atoms. The van der Waals surface area contributed by atoms with Crippen LogP contribution in [0.1, 0.15) is 47.0 Å². The molecule has 0 fully saturated rings. The average Bonchev–Trinajstić information content (AvgIpc) is 2.92. The van der Waals surface area contributed by atoms with Gasteiger partial charge in [-0.3, -0.25) is 4.90 Å². The summed E-state index contributed by atoms with van der Waals surface area (Å²) in [6.45, 7) is 12.1. The Morgan fingerprint density at radius 3 is 2.22 bits per heavy atom. The second kappa shape index (κ2) is 7.15. The van der Waals surface area contributed by atoms with E-state index in [9.17, 15) is 0 Å². The minimum atomic E-state index is 0.161. The van der Waals surface area contributed by atoms with Crippen molar-refractivity contribution < 1.29 is 4.74 Å². The second-order valence-electron chi connectivity index (χ2n) is 4.95. The van der Waals surface area contributed by atoms with Gasteiger partial charge in [0.25, 0.3) is 0 Å². The van der Waals surface area contributed by atoms with E-state index < -0.39 is 0 Å². The Labute approximate surface area is 113 Å². The van der Waals surface area contributed by atoms with Gasteiger partial charge in [-0.1, -0.05) is 27.7 Å². The first-order chi connectivity index (χ1) is 8.69. The van der Waals surface area contributed by atoms with Crippen molar-refractivity contribution >= 4 is 0 Å². The van der Waals surface area contributed by atoms with Crippen LogP contribution in [0.5, 0.6) is 0 Å². The Balaban J connectivity index is 3.06. The molecule has 0 aromatic heterocycles. The molecule has 0 amide bonds. The molecule has 1 atom stereocenters. The Morgan fingerprint density at radius 1 is 1.28 bits per heavy atom. The van der Waals surface area contributed by atoms with Crippen LogP contribution in [-0.2, 0) is 4.74 Å². The summed E-state index contributed by atoms with van der Waals surface area (Å²) < 4.78 is 5.83. The molecule has 3 heteroatoms. The molecule has 1 N–H and O–H groups in total. The number of rotatable bonds is 8. The van der Waals surface area contributed by atoms with Crippen molar-refractivity contribution in [3.8, 4) is 0 Å². The van der Waals surface area contributed by atoms with E-state index in [0.717, 1.165) is 44.7 Å². The molecular weight excluding hydrogens is 224 g/mol. The highest BCUT2D eigenvalue weighted by Crippen LogP contribution is 2.33. The first-order valence-corrected chi connectivity index (χ1v) is 7.45. The molecule has 1 aliphatic rings. The van der Waals surface area contributed by atoms with E-state index in [4.69, 9.17) is 4.74 Å².